The Balaban J connectivity index is 0.00000144. The number of nitrogens with zero attached hydrogens (tertiary/aromatic N) is 2. The summed E-state index contributed by atoms with van der Waals surface area (Å²) in [6.07, 6.45) is 5.84. The number of piperidine rings is 1. The average Bonchev–Trinajstić information content (AvgIpc) is 2.83. The number of halogens is 1. The third kappa shape index (κ3) is 3.20. The van der Waals surface area contributed by atoms with Gasteiger partial charge in [0.25, 0.3) is 5.91 Å². The van der Waals surface area contributed by atoms with E-state index in [1.54, 1.807) is 12.3 Å². The highest BCUT2D eigenvalue weighted by atomic mass is 35.5. The molecule has 0 bridgehead atoms. The summed E-state index contributed by atoms with van der Waals surface area (Å²) in [6.45, 7) is 1.47. The second-order valence-electron chi connectivity index (χ2n) is 4.20. The second kappa shape index (κ2) is 6.61. The Hall–Kier alpha value is -1.07. The van der Waals surface area contributed by atoms with E-state index >= 15 is 0 Å². The maximum atomic E-state index is 12.2. The predicted molar refractivity (Wildman–Crippen MR) is 68.2 cm³/mol. The Bertz CT molecular complexity index is 339. The van der Waals surface area contributed by atoms with Gasteiger partial charge < -0.3 is 10.6 Å². The van der Waals surface area contributed by atoms with Gasteiger partial charge in [0, 0.05) is 18.8 Å². The molecular formula is C11H19ClN4O. The van der Waals surface area contributed by atoms with E-state index in [1.807, 2.05) is 4.90 Å². The number of carbonyl (C=O) groups excluding carboxylic acids is 1. The lowest BCUT2D eigenvalue weighted by Crippen LogP contribution is -2.44. The van der Waals surface area contributed by atoms with E-state index in [9.17, 15) is 4.79 Å². The summed E-state index contributed by atoms with van der Waals surface area (Å²) in [5.41, 5.74) is 6.16. The van der Waals surface area contributed by atoms with Gasteiger partial charge in [-0.1, -0.05) is 0 Å². The Labute approximate surface area is 107 Å². The molecule has 17 heavy (non-hydrogen) atoms. The standard InChI is InChI=1S/C11H18N4O.ClH/c12-6-4-9-3-1-2-8-15(9)11(16)10-5-7-13-14-10;/h5,7,9H,1-4,6,8,12H2,(H,13,14);1H. The molecule has 1 atom stereocenters. The van der Waals surface area contributed by atoms with E-state index in [0.717, 1.165) is 25.8 Å². The first kappa shape index (κ1) is 14.0. The summed E-state index contributed by atoms with van der Waals surface area (Å²) in [7, 11) is 0. The van der Waals surface area contributed by atoms with Crippen LogP contribution in [0.4, 0.5) is 0 Å². The minimum absolute atomic E-state index is 0. The van der Waals surface area contributed by atoms with Crippen molar-refractivity contribution in [3.63, 3.8) is 0 Å². The number of hydrogen-bond acceptors (Lipinski definition) is 3. The fourth-order valence-corrected chi connectivity index (χ4v) is 2.29. The van der Waals surface area contributed by atoms with Gasteiger partial charge in [-0.15, -0.1) is 12.4 Å². The molecule has 1 aliphatic heterocycles. The summed E-state index contributed by atoms with van der Waals surface area (Å²) in [4.78, 5) is 14.1. The van der Waals surface area contributed by atoms with E-state index in [4.69, 9.17) is 5.73 Å². The molecular weight excluding hydrogens is 240 g/mol. The summed E-state index contributed by atoms with van der Waals surface area (Å²) in [5, 5.41) is 6.54. The fourth-order valence-electron chi connectivity index (χ4n) is 2.29. The molecule has 0 saturated carbocycles. The molecule has 5 nitrogen and oxygen atoms in total. The SMILES string of the molecule is Cl.NCCC1CCCCN1C(=O)c1ccn[nH]1. The van der Waals surface area contributed by atoms with Gasteiger partial charge in [-0.2, -0.15) is 5.10 Å². The van der Waals surface area contributed by atoms with Crippen molar-refractivity contribution in [2.75, 3.05) is 13.1 Å². The Morgan fingerprint density at radius 1 is 1.59 bits per heavy atom. The van der Waals surface area contributed by atoms with Crippen LogP contribution in [0.25, 0.3) is 0 Å². The number of amides is 1. The predicted octanol–water partition coefficient (Wildman–Crippen LogP) is 1.17. The highest BCUT2D eigenvalue weighted by Crippen LogP contribution is 2.20. The lowest BCUT2D eigenvalue weighted by Gasteiger charge is -2.35. The van der Waals surface area contributed by atoms with E-state index in [2.05, 4.69) is 10.2 Å². The minimum atomic E-state index is 0. The van der Waals surface area contributed by atoms with Crippen LogP contribution < -0.4 is 5.73 Å². The first-order chi connectivity index (χ1) is 7.83. The molecule has 1 aromatic rings. The van der Waals surface area contributed by atoms with Crippen molar-refractivity contribution in [1.82, 2.24) is 15.1 Å². The van der Waals surface area contributed by atoms with E-state index in [0.29, 0.717) is 18.3 Å². The van der Waals surface area contributed by atoms with Gasteiger partial charge in [0.05, 0.1) is 0 Å². The molecule has 0 aromatic carbocycles. The molecule has 1 aromatic heterocycles. The molecule has 1 aliphatic rings. The Morgan fingerprint density at radius 3 is 3.06 bits per heavy atom. The van der Waals surface area contributed by atoms with Crippen LogP contribution in [0.2, 0.25) is 0 Å². The second-order valence-corrected chi connectivity index (χ2v) is 4.20. The normalized spacial score (nSPS) is 19.8. The highest BCUT2D eigenvalue weighted by Gasteiger charge is 2.27. The first-order valence-corrected chi connectivity index (χ1v) is 5.83. The van der Waals surface area contributed by atoms with Crippen molar-refractivity contribution < 1.29 is 4.79 Å². The molecule has 3 N–H and O–H groups in total. The zero-order valence-electron chi connectivity index (χ0n) is 9.76. The molecule has 6 heteroatoms. The molecule has 1 saturated heterocycles. The number of aromatic amines is 1. The van der Waals surface area contributed by atoms with Crippen molar-refractivity contribution in [3.05, 3.63) is 18.0 Å². The maximum Gasteiger partial charge on any atom is 0.272 e. The smallest absolute Gasteiger partial charge is 0.272 e. The number of H-pyrrole nitrogens is 1. The van der Waals surface area contributed by atoms with Gasteiger partial charge in [0.1, 0.15) is 5.69 Å². The first-order valence-electron chi connectivity index (χ1n) is 5.83. The monoisotopic (exact) mass is 258 g/mol. The number of nitrogens with one attached hydrogen (secondary N) is 1. The van der Waals surface area contributed by atoms with Gasteiger partial charge >= 0.3 is 0 Å². The average molecular weight is 259 g/mol. The largest absolute Gasteiger partial charge is 0.334 e. The zero-order valence-corrected chi connectivity index (χ0v) is 10.6. The molecule has 1 fully saturated rings. The molecule has 0 spiro atoms. The quantitative estimate of drug-likeness (QED) is 0.855. The molecule has 0 radical (unpaired) electrons. The van der Waals surface area contributed by atoms with E-state index < -0.39 is 0 Å². The lowest BCUT2D eigenvalue weighted by atomic mass is 9.99. The molecule has 1 unspecified atom stereocenters. The third-order valence-corrected chi connectivity index (χ3v) is 3.12. The number of rotatable bonds is 3. The fraction of sp³-hybridized carbons (Fsp3) is 0.636. The molecule has 96 valence electrons. The summed E-state index contributed by atoms with van der Waals surface area (Å²) < 4.78 is 0. The maximum absolute atomic E-state index is 12.2. The number of aromatic nitrogens is 2. The number of nitrogens with two attached hydrogens (primary N) is 1. The van der Waals surface area contributed by atoms with Crippen molar-refractivity contribution >= 4 is 18.3 Å². The van der Waals surface area contributed by atoms with Crippen molar-refractivity contribution in [3.8, 4) is 0 Å². The van der Waals surface area contributed by atoms with E-state index in [1.165, 1.54) is 6.42 Å². The minimum Gasteiger partial charge on any atom is -0.334 e. The van der Waals surface area contributed by atoms with Crippen LogP contribution in [0.3, 0.4) is 0 Å². The summed E-state index contributed by atoms with van der Waals surface area (Å²) in [5.74, 6) is 0.0515. The van der Waals surface area contributed by atoms with Crippen LogP contribution in [0.1, 0.15) is 36.2 Å². The molecule has 0 aliphatic carbocycles. The summed E-state index contributed by atoms with van der Waals surface area (Å²) in [6, 6.07) is 2.02. The number of hydrogen-bond donors (Lipinski definition) is 2. The van der Waals surface area contributed by atoms with Crippen LogP contribution in [0, 0.1) is 0 Å². The number of likely N-dealkylation sites (tertiary alicyclic amines) is 1. The molecule has 2 heterocycles. The molecule has 2 rings (SSSR count). The van der Waals surface area contributed by atoms with Gasteiger partial charge in [0.15, 0.2) is 0 Å². The van der Waals surface area contributed by atoms with Crippen molar-refractivity contribution in [2.24, 2.45) is 5.73 Å². The Morgan fingerprint density at radius 2 is 2.41 bits per heavy atom. The van der Waals surface area contributed by atoms with Crippen LogP contribution >= 0.6 is 12.4 Å². The van der Waals surface area contributed by atoms with Gasteiger partial charge in [-0.3, -0.25) is 9.89 Å². The number of carbonyl (C=O) groups is 1. The van der Waals surface area contributed by atoms with Gasteiger partial charge in [-0.05, 0) is 38.3 Å². The van der Waals surface area contributed by atoms with E-state index in [-0.39, 0.29) is 18.3 Å². The highest BCUT2D eigenvalue weighted by molar-refractivity contribution is 5.92. The van der Waals surface area contributed by atoms with Gasteiger partial charge in [0.2, 0.25) is 0 Å². The summed E-state index contributed by atoms with van der Waals surface area (Å²) >= 11 is 0. The van der Waals surface area contributed by atoms with Crippen LogP contribution in [0.5, 0.6) is 0 Å². The van der Waals surface area contributed by atoms with Crippen molar-refractivity contribution in [2.45, 2.75) is 31.7 Å². The Kier molecular flexibility index (Phi) is 5.44. The van der Waals surface area contributed by atoms with Crippen LogP contribution in [-0.4, -0.2) is 40.1 Å². The van der Waals surface area contributed by atoms with Crippen LogP contribution in [-0.2, 0) is 0 Å². The van der Waals surface area contributed by atoms with Crippen LogP contribution in [0.15, 0.2) is 12.3 Å². The molecule has 1 amide bonds. The zero-order chi connectivity index (χ0) is 11.4. The van der Waals surface area contributed by atoms with Gasteiger partial charge in [-0.25, -0.2) is 0 Å². The lowest BCUT2D eigenvalue weighted by molar-refractivity contribution is 0.0599. The topological polar surface area (TPSA) is 75.0 Å². The van der Waals surface area contributed by atoms with Crippen molar-refractivity contribution in [1.29, 1.82) is 0 Å². The third-order valence-electron chi connectivity index (χ3n) is 3.12.